The Kier molecular flexibility index (Phi) is 4.64. The summed E-state index contributed by atoms with van der Waals surface area (Å²) in [5, 5.41) is 11.0. The number of piperidine rings is 1. The molecule has 0 spiro atoms. The SMILES string of the molecule is CC(C)(C)C(=O)ON1CCCC(c2ccccc2C#N)C1. The van der Waals surface area contributed by atoms with Gasteiger partial charge in [0.05, 0.1) is 17.0 Å². The molecule has 2 rings (SSSR count). The Morgan fingerprint density at radius 3 is 2.76 bits per heavy atom. The lowest BCUT2D eigenvalue weighted by Gasteiger charge is -2.33. The van der Waals surface area contributed by atoms with Gasteiger partial charge in [0.25, 0.3) is 0 Å². The number of hydrogen-bond donors (Lipinski definition) is 0. The Labute approximate surface area is 126 Å². The van der Waals surface area contributed by atoms with E-state index in [0.717, 1.165) is 24.9 Å². The molecule has 1 saturated heterocycles. The maximum Gasteiger partial charge on any atom is 0.330 e. The third-order valence-electron chi connectivity index (χ3n) is 3.73. The molecule has 1 aliphatic heterocycles. The summed E-state index contributed by atoms with van der Waals surface area (Å²) in [4.78, 5) is 17.5. The van der Waals surface area contributed by atoms with E-state index in [-0.39, 0.29) is 11.9 Å². The molecule has 1 fully saturated rings. The number of hydroxylamine groups is 2. The van der Waals surface area contributed by atoms with Crippen LogP contribution in [0.1, 0.15) is 50.7 Å². The average molecular weight is 286 g/mol. The summed E-state index contributed by atoms with van der Waals surface area (Å²) in [7, 11) is 0. The summed E-state index contributed by atoms with van der Waals surface area (Å²) < 4.78 is 0. The molecule has 1 aliphatic rings. The summed E-state index contributed by atoms with van der Waals surface area (Å²) >= 11 is 0. The standard InChI is InChI=1S/C17H22N2O2/c1-17(2,3)16(20)21-19-10-6-8-14(12-19)15-9-5-4-7-13(15)11-18/h4-5,7,9,14H,6,8,10,12H2,1-3H3. The first-order chi connectivity index (χ1) is 9.91. The Morgan fingerprint density at radius 2 is 2.10 bits per heavy atom. The van der Waals surface area contributed by atoms with Crippen LogP contribution in [0.5, 0.6) is 0 Å². The van der Waals surface area contributed by atoms with Crippen molar-refractivity contribution in [3.05, 3.63) is 35.4 Å². The molecule has 0 aliphatic carbocycles. The largest absolute Gasteiger partial charge is 0.367 e. The maximum absolute atomic E-state index is 12.0. The quantitative estimate of drug-likeness (QED) is 0.837. The Balaban J connectivity index is 2.08. The second-order valence-corrected chi connectivity index (χ2v) is 6.55. The van der Waals surface area contributed by atoms with Crippen LogP contribution in [0.2, 0.25) is 0 Å². The van der Waals surface area contributed by atoms with Crippen LogP contribution >= 0.6 is 0 Å². The van der Waals surface area contributed by atoms with Crippen LogP contribution < -0.4 is 0 Å². The molecule has 0 aromatic heterocycles. The number of carbonyl (C=O) groups excluding carboxylic acids is 1. The van der Waals surface area contributed by atoms with E-state index >= 15 is 0 Å². The lowest BCUT2D eigenvalue weighted by atomic mass is 9.88. The van der Waals surface area contributed by atoms with Gasteiger partial charge in [0.2, 0.25) is 0 Å². The smallest absolute Gasteiger partial charge is 0.330 e. The van der Waals surface area contributed by atoms with Crippen molar-refractivity contribution >= 4 is 5.97 Å². The first kappa shape index (κ1) is 15.5. The molecule has 1 aromatic rings. The van der Waals surface area contributed by atoms with Crippen molar-refractivity contribution in [2.24, 2.45) is 5.41 Å². The van der Waals surface area contributed by atoms with E-state index in [9.17, 15) is 10.1 Å². The van der Waals surface area contributed by atoms with Crippen molar-refractivity contribution in [2.45, 2.75) is 39.5 Å². The predicted octanol–water partition coefficient (Wildman–Crippen LogP) is 3.24. The van der Waals surface area contributed by atoms with Gasteiger partial charge >= 0.3 is 5.97 Å². The molecule has 0 radical (unpaired) electrons. The van der Waals surface area contributed by atoms with E-state index in [1.165, 1.54) is 0 Å². The highest BCUT2D eigenvalue weighted by atomic mass is 16.7. The number of nitrogens with zero attached hydrogens (tertiary/aromatic N) is 2. The lowest BCUT2D eigenvalue weighted by molar-refractivity contribution is -0.205. The Bertz CT molecular complexity index is 555. The van der Waals surface area contributed by atoms with Gasteiger partial charge in [-0.1, -0.05) is 18.2 Å². The van der Waals surface area contributed by atoms with E-state index in [4.69, 9.17) is 4.84 Å². The second-order valence-electron chi connectivity index (χ2n) is 6.55. The monoisotopic (exact) mass is 286 g/mol. The van der Waals surface area contributed by atoms with Gasteiger partial charge in [0.15, 0.2) is 0 Å². The normalized spacial score (nSPS) is 19.8. The van der Waals surface area contributed by atoms with Crippen LogP contribution in [0.25, 0.3) is 0 Å². The minimum atomic E-state index is -0.502. The molecule has 0 saturated carbocycles. The average Bonchev–Trinajstić information content (AvgIpc) is 2.46. The van der Waals surface area contributed by atoms with Gasteiger partial charge < -0.3 is 4.84 Å². The van der Waals surface area contributed by atoms with Crippen LogP contribution in [-0.4, -0.2) is 24.1 Å². The first-order valence-corrected chi connectivity index (χ1v) is 7.38. The summed E-state index contributed by atoms with van der Waals surface area (Å²) in [6.45, 7) is 6.96. The predicted molar refractivity (Wildman–Crippen MR) is 80.3 cm³/mol. The van der Waals surface area contributed by atoms with E-state index in [2.05, 4.69) is 6.07 Å². The minimum Gasteiger partial charge on any atom is -0.367 e. The van der Waals surface area contributed by atoms with E-state index in [1.807, 2.05) is 45.0 Å². The summed E-state index contributed by atoms with van der Waals surface area (Å²) in [5.41, 5.74) is 1.26. The van der Waals surface area contributed by atoms with Gasteiger partial charge in [0, 0.05) is 19.0 Å². The van der Waals surface area contributed by atoms with Crippen LogP contribution in [-0.2, 0) is 9.63 Å². The highest BCUT2D eigenvalue weighted by molar-refractivity contribution is 5.75. The Morgan fingerprint density at radius 1 is 1.38 bits per heavy atom. The summed E-state index contributed by atoms with van der Waals surface area (Å²) in [6.07, 6.45) is 1.98. The molecule has 1 unspecified atom stereocenters. The van der Waals surface area contributed by atoms with Crippen LogP contribution in [0.4, 0.5) is 0 Å². The van der Waals surface area contributed by atoms with Gasteiger partial charge in [-0.15, -0.1) is 5.06 Å². The van der Waals surface area contributed by atoms with E-state index in [0.29, 0.717) is 12.1 Å². The van der Waals surface area contributed by atoms with Crippen molar-refractivity contribution in [3.63, 3.8) is 0 Å². The van der Waals surface area contributed by atoms with Gasteiger partial charge in [-0.3, -0.25) is 0 Å². The van der Waals surface area contributed by atoms with Crippen LogP contribution in [0, 0.1) is 16.7 Å². The molecule has 1 aromatic carbocycles. The zero-order valence-corrected chi connectivity index (χ0v) is 12.9. The highest BCUT2D eigenvalue weighted by Crippen LogP contribution is 2.30. The molecular formula is C17H22N2O2. The number of carbonyl (C=O) groups is 1. The lowest BCUT2D eigenvalue weighted by Crippen LogP contribution is -2.39. The molecule has 4 heteroatoms. The van der Waals surface area contributed by atoms with E-state index in [1.54, 1.807) is 5.06 Å². The number of hydrogen-bond acceptors (Lipinski definition) is 4. The van der Waals surface area contributed by atoms with Gasteiger partial charge in [-0.25, -0.2) is 4.79 Å². The van der Waals surface area contributed by atoms with Crippen molar-refractivity contribution < 1.29 is 9.63 Å². The van der Waals surface area contributed by atoms with Gasteiger partial charge in [-0.05, 0) is 45.2 Å². The van der Waals surface area contributed by atoms with Crippen molar-refractivity contribution in [3.8, 4) is 6.07 Å². The molecule has 0 amide bonds. The third kappa shape index (κ3) is 3.83. The van der Waals surface area contributed by atoms with Gasteiger partial charge in [0.1, 0.15) is 0 Å². The summed E-state index contributed by atoms with van der Waals surface area (Å²) in [6, 6.07) is 9.92. The topological polar surface area (TPSA) is 53.3 Å². The van der Waals surface area contributed by atoms with Crippen LogP contribution in [0.3, 0.4) is 0 Å². The zero-order valence-electron chi connectivity index (χ0n) is 12.9. The van der Waals surface area contributed by atoms with Crippen LogP contribution in [0.15, 0.2) is 24.3 Å². The fourth-order valence-corrected chi connectivity index (χ4v) is 2.49. The molecule has 4 nitrogen and oxygen atoms in total. The number of nitriles is 1. The molecule has 0 N–H and O–H groups in total. The number of rotatable bonds is 2. The molecular weight excluding hydrogens is 264 g/mol. The third-order valence-corrected chi connectivity index (χ3v) is 3.73. The Hall–Kier alpha value is -1.86. The fourth-order valence-electron chi connectivity index (χ4n) is 2.49. The highest BCUT2D eigenvalue weighted by Gasteiger charge is 2.29. The molecule has 0 bridgehead atoms. The second kappa shape index (κ2) is 6.28. The van der Waals surface area contributed by atoms with Crippen molar-refractivity contribution in [1.29, 1.82) is 5.26 Å². The molecule has 21 heavy (non-hydrogen) atoms. The summed E-state index contributed by atoms with van der Waals surface area (Å²) in [5.74, 6) is 0.0269. The first-order valence-electron chi connectivity index (χ1n) is 7.38. The number of benzene rings is 1. The van der Waals surface area contributed by atoms with Crippen molar-refractivity contribution in [1.82, 2.24) is 5.06 Å². The molecule has 1 atom stereocenters. The molecule has 112 valence electrons. The van der Waals surface area contributed by atoms with Gasteiger partial charge in [-0.2, -0.15) is 5.26 Å². The minimum absolute atomic E-state index is 0.211. The maximum atomic E-state index is 12.0. The molecule has 1 heterocycles. The van der Waals surface area contributed by atoms with E-state index < -0.39 is 5.41 Å². The zero-order chi connectivity index (χ0) is 15.5. The van der Waals surface area contributed by atoms with Crippen molar-refractivity contribution in [2.75, 3.05) is 13.1 Å². The fraction of sp³-hybridized carbons (Fsp3) is 0.529.